The fourth-order valence-electron chi connectivity index (χ4n) is 5.92. The van der Waals surface area contributed by atoms with Gasteiger partial charge in [-0.3, -0.25) is 14.5 Å². The van der Waals surface area contributed by atoms with Crippen molar-refractivity contribution in [3.63, 3.8) is 0 Å². The van der Waals surface area contributed by atoms with Crippen LogP contribution in [-0.4, -0.2) is 46.8 Å². The van der Waals surface area contributed by atoms with Crippen molar-refractivity contribution in [3.8, 4) is 0 Å². The number of nitrogens with zero attached hydrogens (tertiary/aromatic N) is 3. The molecule has 6 heteroatoms. The lowest BCUT2D eigenvalue weighted by Gasteiger charge is -2.34. The molecule has 2 bridgehead atoms. The highest BCUT2D eigenvalue weighted by atomic mass is 35.5. The highest BCUT2D eigenvalue weighted by molar-refractivity contribution is 6.30. The van der Waals surface area contributed by atoms with Crippen LogP contribution in [0, 0.1) is 6.92 Å². The Morgan fingerprint density at radius 2 is 1.55 bits per heavy atom. The highest BCUT2D eigenvalue weighted by Crippen LogP contribution is 2.33. The Labute approximate surface area is 231 Å². The first-order valence-electron chi connectivity index (χ1n) is 13.6. The van der Waals surface area contributed by atoms with Gasteiger partial charge < -0.3 is 9.80 Å². The standard InChI is InChI=1S/C32H36ClN3O2/c1-23-7-9-25(10-8-23)19-32(38)34-21-27-5-3-4-6-31(27)35(24(2)37)18-17-29-15-16-30(22-34)36(29)20-26-11-13-28(33)14-12-26/h3-14,29-30H,15-22H2,1-2H3/t29-,30+/m1/s1. The average Bonchev–Trinajstić information content (AvgIpc) is 3.26. The van der Waals surface area contributed by atoms with E-state index in [1.807, 2.05) is 52.3 Å². The van der Waals surface area contributed by atoms with Crippen LogP contribution in [0.3, 0.4) is 0 Å². The molecular formula is C32H36ClN3O2. The second-order valence-corrected chi connectivity index (χ2v) is 11.1. The van der Waals surface area contributed by atoms with E-state index in [1.54, 1.807) is 6.92 Å². The number of para-hydroxylation sites is 1. The Morgan fingerprint density at radius 3 is 2.29 bits per heavy atom. The first-order chi connectivity index (χ1) is 18.4. The summed E-state index contributed by atoms with van der Waals surface area (Å²) < 4.78 is 0. The second kappa shape index (κ2) is 11.7. The summed E-state index contributed by atoms with van der Waals surface area (Å²) >= 11 is 6.15. The summed E-state index contributed by atoms with van der Waals surface area (Å²) in [6.07, 6.45) is 3.36. The van der Waals surface area contributed by atoms with Crippen LogP contribution in [0.15, 0.2) is 72.8 Å². The van der Waals surface area contributed by atoms with Gasteiger partial charge in [0.05, 0.1) is 6.42 Å². The molecule has 0 aromatic heterocycles. The lowest BCUT2D eigenvalue weighted by Crippen LogP contribution is -2.45. The van der Waals surface area contributed by atoms with E-state index >= 15 is 0 Å². The largest absolute Gasteiger partial charge is 0.336 e. The van der Waals surface area contributed by atoms with Crippen LogP contribution in [0.5, 0.6) is 0 Å². The first kappa shape index (κ1) is 26.5. The fraction of sp³-hybridized carbons (Fsp3) is 0.375. The molecule has 3 aromatic rings. The van der Waals surface area contributed by atoms with Gasteiger partial charge in [0.15, 0.2) is 0 Å². The molecule has 2 atom stereocenters. The predicted octanol–water partition coefficient (Wildman–Crippen LogP) is 6.01. The predicted molar refractivity (Wildman–Crippen MR) is 153 cm³/mol. The Hall–Kier alpha value is -3.15. The third kappa shape index (κ3) is 6.11. The fourth-order valence-corrected chi connectivity index (χ4v) is 6.05. The lowest BCUT2D eigenvalue weighted by molar-refractivity contribution is -0.132. The molecule has 0 N–H and O–H groups in total. The van der Waals surface area contributed by atoms with Crippen molar-refractivity contribution in [3.05, 3.63) is 100 Å². The average molecular weight is 530 g/mol. The Bertz CT molecular complexity index is 1270. The summed E-state index contributed by atoms with van der Waals surface area (Å²) in [6.45, 7) is 6.32. The van der Waals surface area contributed by atoms with Crippen LogP contribution in [0.1, 0.15) is 48.4 Å². The summed E-state index contributed by atoms with van der Waals surface area (Å²) in [7, 11) is 0. The quantitative estimate of drug-likeness (QED) is 0.416. The van der Waals surface area contributed by atoms with Crippen LogP contribution in [0.2, 0.25) is 5.02 Å². The monoisotopic (exact) mass is 529 g/mol. The number of anilines is 1. The molecule has 1 fully saturated rings. The normalized spacial score (nSPS) is 20.1. The van der Waals surface area contributed by atoms with Gasteiger partial charge in [0.2, 0.25) is 11.8 Å². The van der Waals surface area contributed by atoms with Crippen molar-refractivity contribution in [2.75, 3.05) is 18.0 Å². The van der Waals surface area contributed by atoms with Crippen molar-refractivity contribution in [1.29, 1.82) is 0 Å². The SMILES string of the molecule is CC(=O)N1CC[C@H]2CC[C@@H](CN(C(=O)Cc3ccc(C)cc3)Cc3ccccc31)N2Cc1ccc(Cl)cc1. The molecule has 198 valence electrons. The zero-order valence-corrected chi connectivity index (χ0v) is 23.0. The molecule has 1 saturated heterocycles. The van der Waals surface area contributed by atoms with E-state index in [0.717, 1.165) is 47.6 Å². The van der Waals surface area contributed by atoms with Crippen molar-refractivity contribution in [2.45, 2.75) is 64.7 Å². The summed E-state index contributed by atoms with van der Waals surface area (Å²) in [5.41, 5.74) is 5.35. The molecule has 0 spiro atoms. The molecule has 0 unspecified atom stereocenters. The number of amides is 2. The van der Waals surface area contributed by atoms with Crippen LogP contribution < -0.4 is 4.90 Å². The van der Waals surface area contributed by atoms with E-state index in [2.05, 4.69) is 42.2 Å². The maximum Gasteiger partial charge on any atom is 0.227 e. The number of halogens is 1. The second-order valence-electron chi connectivity index (χ2n) is 10.7. The molecule has 5 nitrogen and oxygen atoms in total. The van der Waals surface area contributed by atoms with Crippen LogP contribution >= 0.6 is 11.6 Å². The minimum atomic E-state index is 0.0352. The molecule has 0 aliphatic carbocycles. The number of aryl methyl sites for hydroxylation is 1. The zero-order chi connectivity index (χ0) is 26.6. The Balaban J connectivity index is 1.48. The van der Waals surface area contributed by atoms with E-state index in [9.17, 15) is 9.59 Å². The van der Waals surface area contributed by atoms with Gasteiger partial charge >= 0.3 is 0 Å². The summed E-state index contributed by atoms with van der Waals surface area (Å²) in [5.74, 6) is 0.153. The summed E-state index contributed by atoms with van der Waals surface area (Å²) in [5, 5.41) is 0.733. The minimum Gasteiger partial charge on any atom is -0.336 e. The number of carbonyl (C=O) groups is 2. The van der Waals surface area contributed by atoms with Crippen LogP contribution in [0.4, 0.5) is 5.69 Å². The van der Waals surface area contributed by atoms with Crippen molar-refractivity contribution in [2.24, 2.45) is 0 Å². The van der Waals surface area contributed by atoms with Gasteiger partial charge in [-0.05, 0) is 61.1 Å². The number of benzene rings is 3. The van der Waals surface area contributed by atoms with E-state index in [-0.39, 0.29) is 17.9 Å². The van der Waals surface area contributed by atoms with Gasteiger partial charge in [0.25, 0.3) is 0 Å². The number of hydrogen-bond acceptors (Lipinski definition) is 3. The number of fused-ring (bicyclic) bond motifs is 3. The smallest absolute Gasteiger partial charge is 0.227 e. The topological polar surface area (TPSA) is 43.9 Å². The molecule has 3 aromatic carbocycles. The molecule has 0 saturated carbocycles. The van der Waals surface area contributed by atoms with Gasteiger partial charge in [-0.25, -0.2) is 0 Å². The Morgan fingerprint density at radius 1 is 0.868 bits per heavy atom. The maximum atomic E-state index is 13.8. The Kier molecular flexibility index (Phi) is 8.15. The van der Waals surface area contributed by atoms with Gasteiger partial charge in [-0.1, -0.05) is 71.8 Å². The third-order valence-corrected chi connectivity index (χ3v) is 8.27. The van der Waals surface area contributed by atoms with Crippen LogP contribution in [0.25, 0.3) is 0 Å². The van der Waals surface area contributed by atoms with E-state index in [1.165, 1.54) is 11.1 Å². The molecule has 2 amide bonds. The number of hydrogen-bond donors (Lipinski definition) is 0. The molecule has 2 aliphatic rings. The van der Waals surface area contributed by atoms with Crippen molar-refractivity contribution < 1.29 is 9.59 Å². The molecule has 38 heavy (non-hydrogen) atoms. The van der Waals surface area contributed by atoms with Crippen molar-refractivity contribution in [1.82, 2.24) is 9.80 Å². The molecule has 0 radical (unpaired) electrons. The molecule has 2 heterocycles. The number of rotatable bonds is 4. The lowest BCUT2D eigenvalue weighted by atomic mass is 10.1. The molecule has 2 aliphatic heterocycles. The van der Waals surface area contributed by atoms with Gasteiger partial charge in [0, 0.05) is 55.9 Å². The molecular weight excluding hydrogens is 494 g/mol. The minimum absolute atomic E-state index is 0.0352. The van der Waals surface area contributed by atoms with Crippen molar-refractivity contribution >= 4 is 29.1 Å². The summed E-state index contributed by atoms with van der Waals surface area (Å²) in [4.78, 5) is 33.1. The maximum absolute atomic E-state index is 13.8. The van der Waals surface area contributed by atoms with E-state index in [0.29, 0.717) is 32.1 Å². The summed E-state index contributed by atoms with van der Waals surface area (Å²) in [6, 6.07) is 24.9. The zero-order valence-electron chi connectivity index (χ0n) is 22.3. The number of carbonyl (C=O) groups excluding carboxylic acids is 2. The molecule has 5 rings (SSSR count). The third-order valence-electron chi connectivity index (χ3n) is 8.02. The van der Waals surface area contributed by atoms with Gasteiger partial charge in [0.1, 0.15) is 0 Å². The highest BCUT2D eigenvalue weighted by Gasteiger charge is 2.36. The van der Waals surface area contributed by atoms with E-state index < -0.39 is 0 Å². The first-order valence-corrected chi connectivity index (χ1v) is 13.9. The van der Waals surface area contributed by atoms with Crippen LogP contribution in [-0.2, 0) is 29.1 Å². The van der Waals surface area contributed by atoms with Gasteiger partial charge in [-0.15, -0.1) is 0 Å². The van der Waals surface area contributed by atoms with E-state index in [4.69, 9.17) is 11.6 Å². The van der Waals surface area contributed by atoms with Gasteiger partial charge in [-0.2, -0.15) is 0 Å².